The van der Waals surface area contributed by atoms with Gasteiger partial charge in [-0.05, 0) is 30.5 Å². The monoisotopic (exact) mass is 400 g/mol. The first-order valence-electron chi connectivity index (χ1n) is 6.58. The third-order valence-electron chi connectivity index (χ3n) is 3.01. The second kappa shape index (κ2) is 8.26. The Morgan fingerprint density at radius 1 is 1.09 bits per heavy atom. The van der Waals surface area contributed by atoms with E-state index in [0.717, 1.165) is 23.8 Å². The molecule has 3 nitrogen and oxygen atoms in total. The van der Waals surface area contributed by atoms with Crippen molar-refractivity contribution in [3.63, 3.8) is 0 Å². The van der Waals surface area contributed by atoms with Crippen molar-refractivity contribution in [2.45, 2.75) is 38.6 Å². The molecule has 0 fully saturated rings. The third-order valence-corrected chi connectivity index (χ3v) is 5.13. The zero-order chi connectivity index (χ0) is 16.9. The molecule has 0 aliphatic carbocycles. The van der Waals surface area contributed by atoms with Gasteiger partial charge in [0.1, 0.15) is 0 Å². The molecule has 0 saturated heterocycles. The summed E-state index contributed by atoms with van der Waals surface area (Å²) in [5.41, 5.74) is -3.06. The topological polar surface area (TPSA) is 69.2 Å². The number of aryl methyl sites for hydroxylation is 2. The largest absolute Gasteiger partial charge is 0.600 e. The fourth-order valence-corrected chi connectivity index (χ4v) is 4.22. The van der Waals surface area contributed by atoms with E-state index in [4.69, 9.17) is 12.6 Å². The van der Waals surface area contributed by atoms with E-state index in [1.165, 1.54) is 0 Å². The standard InChI is InChI=1S/C14H16F3S.BrO3/c1-3-5-12-9-11-8-10(4-2)6-7-13(11)18(12)14(15,16)17;2-1(3)4/h6-9H,3-5H2,1-2H3;/q+1;-1. The Morgan fingerprint density at radius 3 is 2.14 bits per heavy atom. The average Bonchev–Trinajstić information content (AvgIpc) is 2.75. The zero-order valence-electron chi connectivity index (χ0n) is 12.1. The highest BCUT2D eigenvalue weighted by Gasteiger charge is 2.47. The van der Waals surface area contributed by atoms with Crippen LogP contribution in [0.1, 0.15) is 30.7 Å². The maximum absolute atomic E-state index is 13.2. The van der Waals surface area contributed by atoms with E-state index in [-0.39, 0.29) is 0 Å². The Hall–Kier alpha value is -0.670. The summed E-state index contributed by atoms with van der Waals surface area (Å²) in [6, 6.07) is 7.11. The molecule has 1 atom stereocenters. The summed E-state index contributed by atoms with van der Waals surface area (Å²) in [6.07, 6.45) is 2.13. The molecule has 0 bridgehead atoms. The molecule has 0 aliphatic rings. The van der Waals surface area contributed by atoms with Gasteiger partial charge in [-0.3, -0.25) is 0 Å². The SMILES string of the molecule is CCCc1cc2cc(CC)ccc2[s+]1C(F)(F)F.[O-][Br+2]([O-])[O-]. The summed E-state index contributed by atoms with van der Waals surface area (Å²) in [7, 11) is -1.71. The lowest BCUT2D eigenvalue weighted by molar-refractivity contribution is -1.73. The van der Waals surface area contributed by atoms with E-state index in [9.17, 15) is 13.2 Å². The minimum absolute atomic E-state index is 0.447. The zero-order valence-corrected chi connectivity index (χ0v) is 14.5. The molecule has 8 heteroatoms. The normalized spacial score (nSPS) is 12.5. The highest BCUT2D eigenvalue weighted by molar-refractivity contribution is 7.38. The van der Waals surface area contributed by atoms with Crippen LogP contribution in [0, 0.1) is 14.8 Å². The van der Waals surface area contributed by atoms with Crippen LogP contribution in [0.3, 0.4) is 0 Å². The summed E-state index contributed by atoms with van der Waals surface area (Å²) < 4.78 is 65.5. The van der Waals surface area contributed by atoms with Crippen molar-refractivity contribution in [3.05, 3.63) is 34.7 Å². The molecule has 0 saturated carbocycles. The predicted molar refractivity (Wildman–Crippen MR) is 71.1 cm³/mol. The van der Waals surface area contributed by atoms with Crippen LogP contribution in [-0.4, -0.2) is 0 Å². The van der Waals surface area contributed by atoms with Gasteiger partial charge in [0, 0.05) is 17.9 Å². The highest BCUT2D eigenvalue weighted by Crippen LogP contribution is 2.51. The first-order chi connectivity index (χ1) is 10.2. The fourth-order valence-electron chi connectivity index (χ4n) is 2.18. The minimum atomic E-state index is -4.15. The van der Waals surface area contributed by atoms with Crippen molar-refractivity contribution in [2.75, 3.05) is 0 Å². The number of hydrogen-bond acceptors (Lipinski definition) is 3. The van der Waals surface area contributed by atoms with Crippen LogP contribution >= 0.6 is 10.5 Å². The van der Waals surface area contributed by atoms with Crippen LogP contribution < -0.4 is 12.6 Å². The molecular formula is C14H16BrF3O3S. The van der Waals surface area contributed by atoms with Gasteiger partial charge >= 0.3 is 5.51 Å². The average molecular weight is 401 g/mol. The molecule has 2 aromatic rings. The van der Waals surface area contributed by atoms with Gasteiger partial charge in [0.05, 0.1) is 10.5 Å². The number of fused-ring (bicyclic) bond motifs is 1. The lowest BCUT2D eigenvalue weighted by Crippen LogP contribution is -2.42. The first kappa shape index (κ1) is 19.4. The summed E-state index contributed by atoms with van der Waals surface area (Å²) in [6.45, 7) is 3.93. The van der Waals surface area contributed by atoms with Crippen molar-refractivity contribution in [1.29, 1.82) is 0 Å². The number of halogens is 4. The molecule has 1 aromatic carbocycles. The van der Waals surface area contributed by atoms with Gasteiger partial charge in [-0.25, -0.2) is 0 Å². The van der Waals surface area contributed by atoms with Crippen LogP contribution in [0.5, 0.6) is 0 Å². The lowest BCUT2D eigenvalue weighted by Gasteiger charge is -1.99. The molecular weight excluding hydrogens is 385 g/mol. The molecule has 1 heterocycles. The van der Waals surface area contributed by atoms with Crippen molar-refractivity contribution in [2.24, 2.45) is 0 Å². The molecule has 0 amide bonds. The van der Waals surface area contributed by atoms with Crippen molar-refractivity contribution >= 4 is 20.6 Å². The van der Waals surface area contributed by atoms with E-state index in [0.29, 0.717) is 16.0 Å². The summed E-state index contributed by atoms with van der Waals surface area (Å²) in [5.74, 6) is 0. The van der Waals surface area contributed by atoms with Gasteiger partial charge in [0.2, 0.25) is 14.8 Å². The van der Waals surface area contributed by atoms with Crippen molar-refractivity contribution in [1.82, 2.24) is 0 Å². The van der Waals surface area contributed by atoms with Gasteiger partial charge in [0.15, 0.2) is 9.58 Å². The smallest absolute Gasteiger partial charge is 0.405 e. The maximum atomic E-state index is 13.2. The van der Waals surface area contributed by atoms with Gasteiger partial charge in [0.25, 0.3) is 0 Å². The number of alkyl halides is 3. The van der Waals surface area contributed by atoms with E-state index in [2.05, 4.69) is 0 Å². The van der Waals surface area contributed by atoms with Crippen LogP contribution in [-0.2, 0) is 18.3 Å². The lowest BCUT2D eigenvalue weighted by atomic mass is 10.1. The van der Waals surface area contributed by atoms with Crippen LogP contribution in [0.15, 0.2) is 24.3 Å². The molecule has 1 aromatic heterocycles. The van der Waals surface area contributed by atoms with E-state index in [1.54, 1.807) is 12.1 Å². The number of thiophene rings is 1. The molecule has 1 unspecified atom stereocenters. The van der Waals surface area contributed by atoms with Gasteiger partial charge < -0.3 is 12.6 Å². The Balaban J connectivity index is 0.000000541. The van der Waals surface area contributed by atoms with Gasteiger partial charge in [-0.15, -0.1) is 13.2 Å². The third kappa shape index (κ3) is 5.20. The van der Waals surface area contributed by atoms with Gasteiger partial charge in [-0.1, -0.05) is 19.9 Å². The Labute approximate surface area is 134 Å². The molecule has 0 aliphatic heterocycles. The van der Waals surface area contributed by atoms with Crippen molar-refractivity contribution < 1.29 is 40.6 Å². The second-order valence-electron chi connectivity index (χ2n) is 4.53. The van der Waals surface area contributed by atoms with Crippen LogP contribution in [0.2, 0.25) is 0 Å². The molecule has 2 rings (SSSR count). The molecule has 22 heavy (non-hydrogen) atoms. The molecule has 0 spiro atoms. The Morgan fingerprint density at radius 2 is 1.68 bits per heavy atom. The number of hydrogen-bond donors (Lipinski definition) is 0. The second-order valence-corrected chi connectivity index (χ2v) is 7.36. The number of benzene rings is 1. The maximum Gasteiger partial charge on any atom is 0.600 e. The van der Waals surface area contributed by atoms with Crippen LogP contribution in [0.4, 0.5) is 13.2 Å². The quantitative estimate of drug-likeness (QED) is 0.739. The highest BCUT2D eigenvalue weighted by atomic mass is 80.0. The van der Waals surface area contributed by atoms with Crippen molar-refractivity contribution in [3.8, 4) is 0 Å². The first-order valence-corrected chi connectivity index (χ1v) is 9.75. The summed E-state index contributed by atoms with van der Waals surface area (Å²) in [4.78, 5) is 0.535. The van der Waals surface area contributed by atoms with Gasteiger partial charge in [-0.2, -0.15) is 0 Å². The predicted octanol–water partition coefficient (Wildman–Crippen LogP) is 2.01. The Bertz CT molecular complexity index is 608. The van der Waals surface area contributed by atoms with E-state index < -0.39 is 30.8 Å². The minimum Gasteiger partial charge on any atom is -0.405 e. The molecule has 124 valence electrons. The van der Waals surface area contributed by atoms with E-state index >= 15 is 0 Å². The van der Waals surface area contributed by atoms with E-state index in [1.807, 2.05) is 26.0 Å². The fraction of sp³-hybridized carbons (Fsp3) is 0.429. The summed E-state index contributed by atoms with van der Waals surface area (Å²) >= 11 is -3.65. The number of rotatable bonds is 3. The van der Waals surface area contributed by atoms with Crippen LogP contribution in [0.25, 0.3) is 10.1 Å². The summed E-state index contributed by atoms with van der Waals surface area (Å²) in [5, 5.41) is 0.762. The molecule has 0 N–H and O–H groups in total. The molecule has 0 radical (unpaired) electrons. The Kier molecular flexibility index (Phi) is 7.27.